The Balaban J connectivity index is 3.10. The van der Waals surface area contributed by atoms with Crippen LogP contribution in [0.2, 0.25) is 5.15 Å². The van der Waals surface area contributed by atoms with Gasteiger partial charge in [0.1, 0.15) is 11.8 Å². The highest BCUT2D eigenvalue weighted by atomic mass is 35.5. The van der Waals surface area contributed by atoms with Crippen molar-refractivity contribution in [2.45, 2.75) is 12.8 Å². The maximum atomic E-state index is 12.9. The van der Waals surface area contributed by atoms with Crippen LogP contribution in [0.1, 0.15) is 11.1 Å². The van der Waals surface area contributed by atoms with E-state index in [1.54, 1.807) is 6.92 Å². The van der Waals surface area contributed by atoms with Crippen LogP contribution in [-0.2, 0) is 5.92 Å². The number of hydrogen-bond donors (Lipinski definition) is 1. The van der Waals surface area contributed by atoms with Gasteiger partial charge >= 0.3 is 0 Å². The van der Waals surface area contributed by atoms with Crippen molar-refractivity contribution in [2.75, 3.05) is 6.61 Å². The molecule has 1 rings (SSSR count). The molecule has 0 fully saturated rings. The van der Waals surface area contributed by atoms with Crippen LogP contribution >= 0.6 is 11.6 Å². The molecule has 72 valence electrons. The lowest BCUT2D eigenvalue weighted by Gasteiger charge is -2.13. The summed E-state index contributed by atoms with van der Waals surface area (Å²) >= 11 is 5.56. The lowest BCUT2D eigenvalue weighted by Crippen LogP contribution is -2.18. The third kappa shape index (κ3) is 2.14. The number of hydrogen-bond acceptors (Lipinski definition) is 2. The average molecular weight is 208 g/mol. The van der Waals surface area contributed by atoms with E-state index in [0.29, 0.717) is 5.56 Å². The molecule has 1 N–H and O–H groups in total. The molecule has 0 bridgehead atoms. The van der Waals surface area contributed by atoms with Gasteiger partial charge in [-0.1, -0.05) is 11.6 Å². The zero-order valence-corrected chi connectivity index (χ0v) is 7.65. The van der Waals surface area contributed by atoms with Crippen molar-refractivity contribution >= 4 is 11.6 Å². The first kappa shape index (κ1) is 10.3. The quantitative estimate of drug-likeness (QED) is 0.754. The van der Waals surface area contributed by atoms with Gasteiger partial charge in [-0.05, 0) is 18.6 Å². The highest BCUT2D eigenvalue weighted by molar-refractivity contribution is 6.30. The summed E-state index contributed by atoms with van der Waals surface area (Å²) < 4.78 is 25.7. The molecule has 0 spiro atoms. The second-order valence-electron chi connectivity index (χ2n) is 2.69. The maximum Gasteiger partial charge on any atom is 0.297 e. The Hall–Kier alpha value is -0.740. The Bertz CT molecular complexity index is 317. The van der Waals surface area contributed by atoms with Crippen LogP contribution in [0.15, 0.2) is 12.3 Å². The van der Waals surface area contributed by atoms with Crippen molar-refractivity contribution < 1.29 is 13.9 Å². The summed E-state index contributed by atoms with van der Waals surface area (Å²) in [7, 11) is 0. The van der Waals surface area contributed by atoms with E-state index in [0.717, 1.165) is 6.20 Å². The molecule has 0 aliphatic heterocycles. The number of alkyl halides is 2. The average Bonchev–Trinajstić information content (AvgIpc) is 2.09. The second-order valence-corrected chi connectivity index (χ2v) is 3.05. The minimum Gasteiger partial charge on any atom is -0.390 e. The van der Waals surface area contributed by atoms with Crippen LogP contribution < -0.4 is 0 Å². The standard InChI is InChI=1S/C8H8ClF2NO/c1-5-2-6(3-12-7(5)9)8(10,11)4-13/h2-3,13H,4H2,1H3. The summed E-state index contributed by atoms with van der Waals surface area (Å²) in [6.07, 6.45) is 0.964. The van der Waals surface area contributed by atoms with Crippen LogP contribution in [0, 0.1) is 6.92 Å². The normalized spacial score (nSPS) is 11.8. The molecule has 2 nitrogen and oxygen atoms in total. The van der Waals surface area contributed by atoms with Crippen molar-refractivity contribution in [2.24, 2.45) is 0 Å². The zero-order valence-electron chi connectivity index (χ0n) is 6.89. The molecular weight excluding hydrogens is 200 g/mol. The van der Waals surface area contributed by atoms with Crippen molar-refractivity contribution in [1.29, 1.82) is 0 Å². The Morgan fingerprint density at radius 2 is 2.23 bits per heavy atom. The van der Waals surface area contributed by atoms with Crippen LogP contribution in [0.5, 0.6) is 0 Å². The first-order valence-electron chi connectivity index (χ1n) is 3.58. The zero-order chi connectivity index (χ0) is 10.1. The highest BCUT2D eigenvalue weighted by Crippen LogP contribution is 2.28. The molecule has 0 amide bonds. The maximum absolute atomic E-state index is 12.9. The number of pyridine rings is 1. The van der Waals surface area contributed by atoms with E-state index < -0.39 is 12.5 Å². The number of aryl methyl sites for hydroxylation is 1. The third-order valence-electron chi connectivity index (χ3n) is 1.64. The Kier molecular flexibility index (Phi) is 2.83. The van der Waals surface area contributed by atoms with E-state index in [-0.39, 0.29) is 10.7 Å². The van der Waals surface area contributed by atoms with Crippen molar-refractivity contribution in [3.63, 3.8) is 0 Å². The molecule has 13 heavy (non-hydrogen) atoms. The lowest BCUT2D eigenvalue weighted by atomic mass is 10.1. The van der Waals surface area contributed by atoms with Crippen LogP contribution in [-0.4, -0.2) is 16.7 Å². The van der Waals surface area contributed by atoms with Crippen molar-refractivity contribution in [3.8, 4) is 0 Å². The van der Waals surface area contributed by atoms with Gasteiger partial charge in [0.05, 0.1) is 0 Å². The molecule has 0 saturated carbocycles. The van der Waals surface area contributed by atoms with Crippen molar-refractivity contribution in [3.05, 3.63) is 28.5 Å². The summed E-state index contributed by atoms with van der Waals surface area (Å²) in [5, 5.41) is 8.59. The molecule has 0 aromatic carbocycles. The first-order valence-corrected chi connectivity index (χ1v) is 3.96. The number of aromatic nitrogens is 1. The molecule has 0 aliphatic carbocycles. The minimum absolute atomic E-state index is 0.192. The fourth-order valence-electron chi connectivity index (χ4n) is 0.849. The largest absolute Gasteiger partial charge is 0.390 e. The Morgan fingerprint density at radius 3 is 2.69 bits per heavy atom. The monoisotopic (exact) mass is 207 g/mol. The van der Waals surface area contributed by atoms with Gasteiger partial charge in [-0.25, -0.2) is 4.98 Å². The number of nitrogens with zero attached hydrogens (tertiary/aromatic N) is 1. The third-order valence-corrected chi connectivity index (χ3v) is 2.03. The summed E-state index contributed by atoms with van der Waals surface area (Å²) in [5.41, 5.74) is 0.143. The van der Waals surface area contributed by atoms with E-state index in [1.807, 2.05) is 0 Å². The predicted molar refractivity (Wildman–Crippen MR) is 45.0 cm³/mol. The summed E-state index contributed by atoms with van der Waals surface area (Å²) in [4.78, 5) is 3.57. The van der Waals surface area contributed by atoms with E-state index in [1.165, 1.54) is 6.07 Å². The fourth-order valence-corrected chi connectivity index (χ4v) is 0.953. The van der Waals surface area contributed by atoms with E-state index in [4.69, 9.17) is 16.7 Å². The van der Waals surface area contributed by atoms with Gasteiger partial charge in [-0.3, -0.25) is 0 Å². The number of aliphatic hydroxyl groups is 1. The van der Waals surface area contributed by atoms with Gasteiger partial charge < -0.3 is 5.11 Å². The molecule has 1 aromatic heterocycles. The molecule has 0 unspecified atom stereocenters. The van der Waals surface area contributed by atoms with Gasteiger partial charge in [-0.2, -0.15) is 8.78 Å². The minimum atomic E-state index is -3.25. The number of aliphatic hydroxyl groups excluding tert-OH is 1. The molecule has 0 saturated heterocycles. The SMILES string of the molecule is Cc1cc(C(F)(F)CO)cnc1Cl. The van der Waals surface area contributed by atoms with Crippen LogP contribution in [0.4, 0.5) is 8.78 Å². The van der Waals surface area contributed by atoms with Gasteiger partial charge in [0, 0.05) is 11.8 Å². The molecule has 1 aromatic rings. The van der Waals surface area contributed by atoms with E-state index >= 15 is 0 Å². The van der Waals surface area contributed by atoms with Gasteiger partial charge in [0.25, 0.3) is 5.92 Å². The number of rotatable bonds is 2. The predicted octanol–water partition coefficient (Wildman–Crippen LogP) is 2.13. The molecule has 1 heterocycles. The molecule has 0 radical (unpaired) electrons. The van der Waals surface area contributed by atoms with Crippen LogP contribution in [0.3, 0.4) is 0 Å². The molecule has 0 atom stereocenters. The van der Waals surface area contributed by atoms with E-state index in [2.05, 4.69) is 4.98 Å². The Morgan fingerprint density at radius 1 is 1.62 bits per heavy atom. The topological polar surface area (TPSA) is 33.1 Å². The van der Waals surface area contributed by atoms with E-state index in [9.17, 15) is 8.78 Å². The lowest BCUT2D eigenvalue weighted by molar-refractivity contribution is -0.0559. The molecular formula is C8H8ClF2NO. The van der Waals surface area contributed by atoms with Crippen molar-refractivity contribution in [1.82, 2.24) is 4.98 Å². The summed E-state index contributed by atoms with van der Waals surface area (Å²) in [6.45, 7) is 0.349. The molecule has 5 heteroatoms. The first-order chi connectivity index (χ1) is 5.97. The summed E-state index contributed by atoms with van der Waals surface area (Å²) in [6, 6.07) is 1.21. The van der Waals surface area contributed by atoms with Gasteiger partial charge in [-0.15, -0.1) is 0 Å². The van der Waals surface area contributed by atoms with Gasteiger partial charge in [0.2, 0.25) is 0 Å². The smallest absolute Gasteiger partial charge is 0.297 e. The Labute approximate surface area is 79.2 Å². The highest BCUT2D eigenvalue weighted by Gasteiger charge is 2.31. The summed E-state index contributed by atoms with van der Waals surface area (Å²) in [5.74, 6) is -3.25. The molecule has 0 aliphatic rings. The number of halogens is 3. The fraction of sp³-hybridized carbons (Fsp3) is 0.375. The van der Waals surface area contributed by atoms with Crippen LogP contribution in [0.25, 0.3) is 0 Å². The van der Waals surface area contributed by atoms with Gasteiger partial charge in [0.15, 0.2) is 0 Å². The second kappa shape index (κ2) is 3.55.